The molecule has 2 N–H and O–H groups in total. The standard InChI is InChI=1S/C26H27BrN2O3S/c1-16-22(19-14-12-18(13-15-19)17-8-4-3-5-9-17)23(25(30)32-2)24(33-16)29-26(31)28-21-11-7-6-10-20(21)27/h6-7,10-15,17H,3-5,8-9H2,1-2H3,(H2,28,29,31). The van der Waals surface area contributed by atoms with E-state index in [1.807, 2.05) is 25.1 Å². The molecule has 1 aliphatic carbocycles. The van der Waals surface area contributed by atoms with Crippen LogP contribution in [0.1, 0.15) is 58.8 Å². The van der Waals surface area contributed by atoms with Crippen LogP contribution in [0.4, 0.5) is 15.5 Å². The first kappa shape index (κ1) is 23.5. The summed E-state index contributed by atoms with van der Waals surface area (Å²) in [6.07, 6.45) is 6.39. The highest BCUT2D eigenvalue weighted by Crippen LogP contribution is 2.41. The number of thiophene rings is 1. The van der Waals surface area contributed by atoms with Crippen molar-refractivity contribution in [3.63, 3.8) is 0 Å². The van der Waals surface area contributed by atoms with Crippen LogP contribution in [0.3, 0.4) is 0 Å². The molecular weight excluding hydrogens is 500 g/mol. The summed E-state index contributed by atoms with van der Waals surface area (Å²) >= 11 is 4.80. The summed E-state index contributed by atoms with van der Waals surface area (Å²) in [6.45, 7) is 1.96. The molecule has 0 unspecified atom stereocenters. The number of hydrogen-bond donors (Lipinski definition) is 2. The van der Waals surface area contributed by atoms with Crippen LogP contribution < -0.4 is 10.6 Å². The molecule has 1 aliphatic rings. The van der Waals surface area contributed by atoms with Gasteiger partial charge in [-0.15, -0.1) is 11.3 Å². The van der Waals surface area contributed by atoms with E-state index in [-0.39, 0.29) is 0 Å². The number of anilines is 2. The Hall–Kier alpha value is -2.64. The number of esters is 1. The van der Waals surface area contributed by atoms with Crippen molar-refractivity contribution in [1.82, 2.24) is 0 Å². The molecule has 3 aromatic rings. The van der Waals surface area contributed by atoms with Gasteiger partial charge in [-0.05, 0) is 64.9 Å². The summed E-state index contributed by atoms with van der Waals surface area (Å²) < 4.78 is 5.85. The molecule has 0 spiro atoms. The number of para-hydroxylation sites is 1. The number of aryl methyl sites for hydroxylation is 1. The van der Waals surface area contributed by atoms with Crippen LogP contribution in [0.15, 0.2) is 53.0 Å². The van der Waals surface area contributed by atoms with Crippen LogP contribution in [0.25, 0.3) is 11.1 Å². The lowest BCUT2D eigenvalue weighted by molar-refractivity contribution is 0.0603. The zero-order valence-corrected chi connectivity index (χ0v) is 21.1. The maximum Gasteiger partial charge on any atom is 0.341 e. The number of methoxy groups -OCH3 is 1. The predicted molar refractivity (Wildman–Crippen MR) is 138 cm³/mol. The van der Waals surface area contributed by atoms with Gasteiger partial charge in [0, 0.05) is 14.9 Å². The number of carbonyl (C=O) groups excluding carboxylic acids is 2. The minimum Gasteiger partial charge on any atom is -0.465 e. The van der Waals surface area contributed by atoms with E-state index < -0.39 is 12.0 Å². The van der Waals surface area contributed by atoms with Crippen molar-refractivity contribution in [2.24, 2.45) is 0 Å². The summed E-state index contributed by atoms with van der Waals surface area (Å²) in [7, 11) is 1.36. The molecule has 1 fully saturated rings. The Balaban J connectivity index is 1.62. The molecule has 0 saturated heterocycles. The van der Waals surface area contributed by atoms with E-state index >= 15 is 0 Å². The Labute approximate surface area is 206 Å². The highest BCUT2D eigenvalue weighted by atomic mass is 79.9. The summed E-state index contributed by atoms with van der Waals surface area (Å²) in [4.78, 5) is 26.4. The second-order valence-corrected chi connectivity index (χ2v) is 10.3. The largest absolute Gasteiger partial charge is 0.465 e. The van der Waals surface area contributed by atoms with Crippen LogP contribution in [0.2, 0.25) is 0 Å². The number of halogens is 1. The third kappa shape index (κ3) is 5.31. The van der Waals surface area contributed by atoms with Gasteiger partial charge in [-0.2, -0.15) is 0 Å². The van der Waals surface area contributed by atoms with E-state index in [0.717, 1.165) is 20.5 Å². The average molecular weight is 527 g/mol. The van der Waals surface area contributed by atoms with Crippen molar-refractivity contribution in [2.75, 3.05) is 17.7 Å². The summed E-state index contributed by atoms with van der Waals surface area (Å²) in [5, 5.41) is 6.12. The monoisotopic (exact) mass is 526 g/mol. The zero-order chi connectivity index (χ0) is 23.4. The maximum atomic E-state index is 12.8. The van der Waals surface area contributed by atoms with Crippen molar-refractivity contribution in [2.45, 2.75) is 44.9 Å². The minimum absolute atomic E-state index is 0.382. The highest BCUT2D eigenvalue weighted by molar-refractivity contribution is 9.10. The molecule has 2 amide bonds. The number of nitrogens with one attached hydrogen (secondary N) is 2. The molecule has 7 heteroatoms. The van der Waals surface area contributed by atoms with Crippen LogP contribution in [0.5, 0.6) is 0 Å². The normalized spacial score (nSPS) is 14.0. The van der Waals surface area contributed by atoms with E-state index in [1.54, 1.807) is 6.07 Å². The quantitative estimate of drug-likeness (QED) is 0.331. The van der Waals surface area contributed by atoms with Gasteiger partial charge in [-0.25, -0.2) is 9.59 Å². The summed E-state index contributed by atoms with van der Waals surface area (Å²) in [6, 6.07) is 15.4. The molecule has 5 nitrogen and oxygen atoms in total. The lowest BCUT2D eigenvalue weighted by Crippen LogP contribution is -2.20. The van der Waals surface area contributed by atoms with Crippen LogP contribution >= 0.6 is 27.3 Å². The second-order valence-electron chi connectivity index (χ2n) is 8.24. The molecule has 172 valence electrons. The fourth-order valence-electron chi connectivity index (χ4n) is 4.45. The molecule has 0 bridgehead atoms. The molecule has 0 radical (unpaired) electrons. The fourth-order valence-corrected chi connectivity index (χ4v) is 5.90. The number of benzene rings is 2. The van der Waals surface area contributed by atoms with E-state index in [2.05, 4.69) is 50.8 Å². The van der Waals surface area contributed by atoms with E-state index in [1.165, 1.54) is 56.1 Å². The first-order valence-corrected chi connectivity index (χ1v) is 12.7. The first-order valence-electron chi connectivity index (χ1n) is 11.1. The minimum atomic E-state index is -0.470. The number of urea groups is 1. The topological polar surface area (TPSA) is 67.4 Å². The van der Waals surface area contributed by atoms with Crippen molar-refractivity contribution < 1.29 is 14.3 Å². The molecule has 1 saturated carbocycles. The van der Waals surface area contributed by atoms with Gasteiger partial charge in [-0.3, -0.25) is 5.32 Å². The molecule has 2 aromatic carbocycles. The molecule has 33 heavy (non-hydrogen) atoms. The van der Waals surface area contributed by atoms with Gasteiger partial charge in [0.2, 0.25) is 0 Å². The first-order chi connectivity index (χ1) is 16.0. The van der Waals surface area contributed by atoms with Crippen LogP contribution in [0, 0.1) is 6.92 Å². The molecule has 0 aliphatic heterocycles. The molecule has 4 rings (SSSR count). The molecule has 0 atom stereocenters. The van der Waals surface area contributed by atoms with Gasteiger partial charge in [0.25, 0.3) is 0 Å². The van der Waals surface area contributed by atoms with E-state index in [9.17, 15) is 9.59 Å². The van der Waals surface area contributed by atoms with Crippen LogP contribution in [-0.4, -0.2) is 19.1 Å². The van der Waals surface area contributed by atoms with Gasteiger partial charge >= 0.3 is 12.0 Å². The molecule has 1 aromatic heterocycles. The molecule has 1 heterocycles. The van der Waals surface area contributed by atoms with E-state index in [0.29, 0.717) is 22.2 Å². The van der Waals surface area contributed by atoms with Crippen molar-refractivity contribution >= 4 is 50.0 Å². The smallest absolute Gasteiger partial charge is 0.341 e. The van der Waals surface area contributed by atoms with E-state index in [4.69, 9.17) is 4.74 Å². The predicted octanol–water partition coefficient (Wildman–Crippen LogP) is 7.96. The Morgan fingerprint density at radius 1 is 1.00 bits per heavy atom. The lowest BCUT2D eigenvalue weighted by Gasteiger charge is -2.22. The molecular formula is C26H27BrN2O3S. The van der Waals surface area contributed by atoms with Gasteiger partial charge in [0.15, 0.2) is 0 Å². The average Bonchev–Trinajstić information content (AvgIpc) is 3.16. The Morgan fingerprint density at radius 2 is 1.70 bits per heavy atom. The zero-order valence-electron chi connectivity index (χ0n) is 18.7. The van der Waals surface area contributed by atoms with Gasteiger partial charge < -0.3 is 10.1 Å². The Kier molecular flexibility index (Phi) is 7.50. The fraction of sp³-hybridized carbons (Fsp3) is 0.308. The van der Waals surface area contributed by atoms with Gasteiger partial charge in [0.05, 0.1) is 12.8 Å². The van der Waals surface area contributed by atoms with Crippen molar-refractivity contribution in [3.8, 4) is 11.1 Å². The van der Waals surface area contributed by atoms with Gasteiger partial charge in [0.1, 0.15) is 10.6 Å². The number of carbonyl (C=O) groups is 2. The van der Waals surface area contributed by atoms with Gasteiger partial charge in [-0.1, -0.05) is 55.7 Å². The number of rotatable bonds is 5. The Bertz CT molecular complexity index is 1150. The van der Waals surface area contributed by atoms with Crippen molar-refractivity contribution in [1.29, 1.82) is 0 Å². The summed E-state index contributed by atoms with van der Waals surface area (Å²) in [5.74, 6) is 0.150. The number of hydrogen-bond acceptors (Lipinski definition) is 4. The number of ether oxygens (including phenoxy) is 1. The third-order valence-corrected chi connectivity index (χ3v) is 7.81. The van der Waals surface area contributed by atoms with Crippen molar-refractivity contribution in [3.05, 3.63) is 69.0 Å². The lowest BCUT2D eigenvalue weighted by atomic mass is 9.83. The SMILES string of the molecule is COC(=O)c1c(NC(=O)Nc2ccccc2Br)sc(C)c1-c1ccc(C2CCCCC2)cc1. The Morgan fingerprint density at radius 3 is 2.36 bits per heavy atom. The maximum absolute atomic E-state index is 12.8. The third-order valence-electron chi connectivity index (χ3n) is 6.10. The van der Waals surface area contributed by atoms with Crippen LogP contribution in [-0.2, 0) is 4.74 Å². The number of amides is 2. The highest BCUT2D eigenvalue weighted by Gasteiger charge is 2.25. The second kappa shape index (κ2) is 10.5. The summed E-state index contributed by atoms with van der Waals surface area (Å²) in [5.41, 5.74) is 4.13.